The Morgan fingerprint density at radius 1 is 1.50 bits per heavy atom. The van der Waals surface area contributed by atoms with E-state index < -0.39 is 0 Å². The molecular weight excluding hydrogens is 194 g/mol. The smallest absolute Gasteiger partial charge is 0.0794 e. The van der Waals surface area contributed by atoms with Gasteiger partial charge in [-0.3, -0.25) is 16.3 Å². The average molecular weight is 213 g/mol. The molecule has 0 spiro atoms. The first-order chi connectivity index (χ1) is 6.81. The molecule has 0 aliphatic carbocycles. The number of rotatable bonds is 6. The summed E-state index contributed by atoms with van der Waals surface area (Å²) in [7, 11) is 0. The SMILES string of the molecule is CCC(CC)CC(NN)c1cncs1. The van der Waals surface area contributed by atoms with Gasteiger partial charge in [0.05, 0.1) is 11.6 Å². The van der Waals surface area contributed by atoms with E-state index in [0.29, 0.717) is 0 Å². The second kappa shape index (κ2) is 6.11. The molecule has 1 unspecified atom stereocenters. The van der Waals surface area contributed by atoms with Crippen molar-refractivity contribution in [3.8, 4) is 0 Å². The van der Waals surface area contributed by atoms with Crippen LogP contribution in [0.1, 0.15) is 44.0 Å². The lowest BCUT2D eigenvalue weighted by Crippen LogP contribution is -2.29. The number of aromatic nitrogens is 1. The highest BCUT2D eigenvalue weighted by molar-refractivity contribution is 7.09. The fourth-order valence-corrected chi connectivity index (χ4v) is 2.31. The fraction of sp³-hybridized carbons (Fsp3) is 0.700. The van der Waals surface area contributed by atoms with Crippen LogP contribution in [0.2, 0.25) is 0 Å². The zero-order valence-electron chi connectivity index (χ0n) is 8.86. The Labute approximate surface area is 89.7 Å². The molecule has 0 aliphatic rings. The average Bonchev–Trinajstić information content (AvgIpc) is 2.73. The predicted molar refractivity (Wildman–Crippen MR) is 60.9 cm³/mol. The Morgan fingerprint density at radius 2 is 2.21 bits per heavy atom. The Morgan fingerprint density at radius 3 is 2.64 bits per heavy atom. The van der Waals surface area contributed by atoms with Crippen molar-refractivity contribution in [2.24, 2.45) is 11.8 Å². The van der Waals surface area contributed by atoms with Crippen molar-refractivity contribution in [1.29, 1.82) is 0 Å². The van der Waals surface area contributed by atoms with Gasteiger partial charge in [0.1, 0.15) is 0 Å². The van der Waals surface area contributed by atoms with Gasteiger partial charge in [0.25, 0.3) is 0 Å². The molecule has 1 heterocycles. The van der Waals surface area contributed by atoms with Gasteiger partial charge >= 0.3 is 0 Å². The number of hydrazine groups is 1. The van der Waals surface area contributed by atoms with Crippen LogP contribution in [0.25, 0.3) is 0 Å². The van der Waals surface area contributed by atoms with Gasteiger partial charge in [-0.15, -0.1) is 11.3 Å². The van der Waals surface area contributed by atoms with Crippen LogP contribution >= 0.6 is 11.3 Å². The molecule has 0 aromatic carbocycles. The zero-order valence-corrected chi connectivity index (χ0v) is 9.68. The molecular formula is C10H19N3S. The normalized spacial score (nSPS) is 13.4. The molecule has 0 aliphatic heterocycles. The summed E-state index contributed by atoms with van der Waals surface area (Å²) in [6, 6.07) is 0.271. The van der Waals surface area contributed by atoms with Gasteiger partial charge in [-0.2, -0.15) is 0 Å². The van der Waals surface area contributed by atoms with Crippen molar-refractivity contribution in [3.05, 3.63) is 16.6 Å². The highest BCUT2D eigenvalue weighted by atomic mass is 32.1. The molecule has 0 saturated carbocycles. The summed E-state index contributed by atoms with van der Waals surface area (Å²) >= 11 is 1.66. The minimum atomic E-state index is 0.271. The van der Waals surface area contributed by atoms with E-state index in [0.717, 1.165) is 12.3 Å². The van der Waals surface area contributed by atoms with Crippen LogP contribution in [-0.4, -0.2) is 4.98 Å². The molecule has 1 aromatic heterocycles. The monoisotopic (exact) mass is 213 g/mol. The lowest BCUT2D eigenvalue weighted by atomic mass is 9.94. The third-order valence-corrected chi connectivity index (χ3v) is 3.61. The first-order valence-electron chi connectivity index (χ1n) is 5.16. The standard InChI is InChI=1S/C10H19N3S/c1-3-8(4-2)5-9(13-11)10-6-12-7-14-10/h6-9,13H,3-5,11H2,1-2H3. The van der Waals surface area contributed by atoms with E-state index in [9.17, 15) is 0 Å². The van der Waals surface area contributed by atoms with Crippen LogP contribution in [0, 0.1) is 5.92 Å². The summed E-state index contributed by atoms with van der Waals surface area (Å²) in [5.74, 6) is 6.30. The van der Waals surface area contributed by atoms with Gasteiger partial charge in [-0.25, -0.2) is 0 Å². The fourth-order valence-electron chi connectivity index (χ4n) is 1.62. The summed E-state index contributed by atoms with van der Waals surface area (Å²) in [6.45, 7) is 4.46. The first-order valence-corrected chi connectivity index (χ1v) is 6.04. The summed E-state index contributed by atoms with van der Waals surface area (Å²) in [6.07, 6.45) is 5.43. The molecule has 0 bridgehead atoms. The van der Waals surface area contributed by atoms with Crippen molar-refractivity contribution >= 4 is 11.3 Å². The predicted octanol–water partition coefficient (Wildman–Crippen LogP) is 2.47. The van der Waals surface area contributed by atoms with Gasteiger partial charge in [-0.1, -0.05) is 26.7 Å². The molecule has 1 atom stereocenters. The number of hydrogen-bond acceptors (Lipinski definition) is 4. The van der Waals surface area contributed by atoms with Crippen molar-refractivity contribution in [2.45, 2.75) is 39.2 Å². The second-order valence-electron chi connectivity index (χ2n) is 3.54. The van der Waals surface area contributed by atoms with Crippen LogP contribution in [0.3, 0.4) is 0 Å². The van der Waals surface area contributed by atoms with E-state index in [-0.39, 0.29) is 6.04 Å². The summed E-state index contributed by atoms with van der Waals surface area (Å²) in [4.78, 5) is 5.31. The van der Waals surface area contributed by atoms with Crippen LogP contribution in [-0.2, 0) is 0 Å². The van der Waals surface area contributed by atoms with E-state index in [2.05, 4.69) is 24.3 Å². The molecule has 3 N–H and O–H groups in total. The molecule has 14 heavy (non-hydrogen) atoms. The van der Waals surface area contributed by atoms with Gasteiger partial charge < -0.3 is 0 Å². The zero-order chi connectivity index (χ0) is 10.4. The molecule has 0 fully saturated rings. The van der Waals surface area contributed by atoms with E-state index in [1.807, 2.05) is 11.7 Å². The Kier molecular flexibility index (Phi) is 5.07. The van der Waals surface area contributed by atoms with E-state index in [4.69, 9.17) is 5.84 Å². The Hall–Kier alpha value is -0.450. The maximum Gasteiger partial charge on any atom is 0.0794 e. The molecule has 0 amide bonds. The van der Waals surface area contributed by atoms with Crippen molar-refractivity contribution in [1.82, 2.24) is 10.4 Å². The van der Waals surface area contributed by atoms with Gasteiger partial charge in [0.15, 0.2) is 0 Å². The molecule has 0 saturated heterocycles. The van der Waals surface area contributed by atoms with Crippen LogP contribution < -0.4 is 11.3 Å². The minimum Gasteiger partial charge on any atom is -0.271 e. The van der Waals surface area contributed by atoms with Gasteiger partial charge in [0.2, 0.25) is 0 Å². The van der Waals surface area contributed by atoms with Crippen molar-refractivity contribution < 1.29 is 0 Å². The molecule has 1 rings (SSSR count). The molecule has 0 radical (unpaired) electrons. The number of hydrogen-bond donors (Lipinski definition) is 2. The third kappa shape index (κ3) is 3.04. The maximum absolute atomic E-state index is 5.55. The molecule has 1 aromatic rings. The molecule has 4 heteroatoms. The summed E-state index contributed by atoms with van der Waals surface area (Å²) < 4.78 is 0. The Bertz CT molecular complexity index is 232. The van der Waals surface area contributed by atoms with Gasteiger partial charge in [-0.05, 0) is 12.3 Å². The van der Waals surface area contributed by atoms with Crippen molar-refractivity contribution in [3.63, 3.8) is 0 Å². The first kappa shape index (κ1) is 11.6. The highest BCUT2D eigenvalue weighted by Gasteiger charge is 2.15. The quantitative estimate of drug-likeness (QED) is 0.564. The maximum atomic E-state index is 5.55. The van der Waals surface area contributed by atoms with Crippen LogP contribution in [0.5, 0.6) is 0 Å². The largest absolute Gasteiger partial charge is 0.271 e. The third-order valence-electron chi connectivity index (χ3n) is 2.72. The summed E-state index contributed by atoms with van der Waals surface area (Å²) in [5.41, 5.74) is 4.73. The topological polar surface area (TPSA) is 50.9 Å². The van der Waals surface area contributed by atoms with Crippen LogP contribution in [0.15, 0.2) is 11.7 Å². The van der Waals surface area contributed by atoms with Crippen molar-refractivity contribution in [2.75, 3.05) is 0 Å². The summed E-state index contributed by atoms with van der Waals surface area (Å²) in [5, 5.41) is 0. The van der Waals surface area contributed by atoms with E-state index in [1.54, 1.807) is 11.3 Å². The lowest BCUT2D eigenvalue weighted by molar-refractivity contribution is 0.378. The van der Waals surface area contributed by atoms with Gasteiger partial charge in [0, 0.05) is 11.1 Å². The van der Waals surface area contributed by atoms with Crippen LogP contribution in [0.4, 0.5) is 0 Å². The number of nitrogens with two attached hydrogens (primary N) is 1. The Balaban J connectivity index is 2.55. The van der Waals surface area contributed by atoms with E-state index in [1.165, 1.54) is 17.7 Å². The molecule has 80 valence electrons. The van der Waals surface area contributed by atoms with E-state index >= 15 is 0 Å². The minimum absolute atomic E-state index is 0.271. The lowest BCUT2D eigenvalue weighted by Gasteiger charge is -2.19. The number of thiazole rings is 1. The second-order valence-corrected chi connectivity index (χ2v) is 4.46. The highest BCUT2D eigenvalue weighted by Crippen LogP contribution is 2.26. The molecule has 3 nitrogen and oxygen atoms in total. The number of nitrogens with zero attached hydrogens (tertiary/aromatic N) is 1. The number of nitrogens with one attached hydrogen (secondary N) is 1.